The molecule has 3 amide bonds. The topological polar surface area (TPSA) is 49.4 Å². The lowest BCUT2D eigenvalue weighted by atomic mass is 10.2. The summed E-state index contributed by atoms with van der Waals surface area (Å²) in [4.78, 5) is 25.5. The van der Waals surface area contributed by atoms with E-state index in [-0.39, 0.29) is 12.2 Å². The summed E-state index contributed by atoms with van der Waals surface area (Å²) in [5.41, 5.74) is 1.49. The number of benzene rings is 2. The molecule has 116 valence electrons. The standard InChI is InChI=1S/C17H12BrFN2O2/c18-13-6-4-11(5-7-13)10-21-16(22)15(20-17(21)23)9-12-2-1-3-14(19)8-12/h1-9H,10H2,(H,20,23)/b15-9-. The van der Waals surface area contributed by atoms with E-state index in [1.807, 2.05) is 24.3 Å². The predicted molar refractivity (Wildman–Crippen MR) is 87.6 cm³/mol. The van der Waals surface area contributed by atoms with E-state index in [1.54, 1.807) is 12.1 Å². The smallest absolute Gasteiger partial charge is 0.303 e. The van der Waals surface area contributed by atoms with Crippen LogP contribution in [-0.4, -0.2) is 16.8 Å². The van der Waals surface area contributed by atoms with Crippen LogP contribution in [0, 0.1) is 5.82 Å². The van der Waals surface area contributed by atoms with Crippen LogP contribution in [0.2, 0.25) is 0 Å². The molecule has 0 radical (unpaired) electrons. The summed E-state index contributed by atoms with van der Waals surface area (Å²) >= 11 is 3.33. The highest BCUT2D eigenvalue weighted by Crippen LogP contribution is 2.18. The van der Waals surface area contributed by atoms with E-state index in [4.69, 9.17) is 0 Å². The minimum atomic E-state index is -0.486. The number of halogens is 2. The average Bonchev–Trinajstić information content (AvgIpc) is 2.77. The van der Waals surface area contributed by atoms with Crippen molar-refractivity contribution in [3.8, 4) is 0 Å². The first-order valence-corrected chi connectivity index (χ1v) is 7.67. The fraction of sp³-hybridized carbons (Fsp3) is 0.0588. The molecule has 1 fully saturated rings. The van der Waals surface area contributed by atoms with Crippen LogP contribution in [0.3, 0.4) is 0 Å². The summed E-state index contributed by atoms with van der Waals surface area (Å²) in [5, 5.41) is 2.52. The van der Waals surface area contributed by atoms with Crippen LogP contribution < -0.4 is 5.32 Å². The number of nitrogens with zero attached hydrogens (tertiary/aromatic N) is 1. The molecule has 0 spiro atoms. The maximum atomic E-state index is 13.2. The Morgan fingerprint density at radius 3 is 2.57 bits per heavy atom. The van der Waals surface area contributed by atoms with Gasteiger partial charge in [0.15, 0.2) is 0 Å². The van der Waals surface area contributed by atoms with Gasteiger partial charge >= 0.3 is 6.03 Å². The summed E-state index contributed by atoms with van der Waals surface area (Å²) < 4.78 is 14.1. The molecule has 1 N–H and O–H groups in total. The van der Waals surface area contributed by atoms with Gasteiger partial charge in [0.25, 0.3) is 5.91 Å². The molecule has 23 heavy (non-hydrogen) atoms. The van der Waals surface area contributed by atoms with Gasteiger partial charge < -0.3 is 5.32 Å². The molecule has 3 rings (SSSR count). The van der Waals surface area contributed by atoms with Gasteiger partial charge in [-0.15, -0.1) is 0 Å². The number of rotatable bonds is 3. The Hall–Kier alpha value is -2.47. The maximum absolute atomic E-state index is 13.2. The van der Waals surface area contributed by atoms with E-state index in [1.165, 1.54) is 18.2 Å². The molecule has 1 saturated heterocycles. The average molecular weight is 375 g/mol. The van der Waals surface area contributed by atoms with E-state index in [0.717, 1.165) is 14.9 Å². The first kappa shape index (κ1) is 15.4. The minimum Gasteiger partial charge on any atom is -0.303 e. The van der Waals surface area contributed by atoms with Crippen LogP contribution in [0.1, 0.15) is 11.1 Å². The molecule has 0 unspecified atom stereocenters. The van der Waals surface area contributed by atoms with Crippen molar-refractivity contribution in [2.75, 3.05) is 0 Å². The number of hydrogen-bond acceptors (Lipinski definition) is 2. The molecule has 1 heterocycles. The van der Waals surface area contributed by atoms with Gasteiger partial charge in [0.2, 0.25) is 0 Å². The summed E-state index contributed by atoms with van der Waals surface area (Å²) in [6.07, 6.45) is 1.46. The normalized spacial score (nSPS) is 16.1. The zero-order valence-electron chi connectivity index (χ0n) is 11.9. The molecule has 0 aromatic heterocycles. The van der Waals surface area contributed by atoms with Crippen molar-refractivity contribution < 1.29 is 14.0 Å². The number of imide groups is 1. The molecule has 1 aliphatic rings. The van der Waals surface area contributed by atoms with E-state index in [2.05, 4.69) is 21.2 Å². The van der Waals surface area contributed by atoms with E-state index in [0.29, 0.717) is 5.56 Å². The van der Waals surface area contributed by atoms with Crippen LogP contribution in [0.25, 0.3) is 6.08 Å². The largest absolute Gasteiger partial charge is 0.329 e. The number of nitrogens with one attached hydrogen (secondary N) is 1. The van der Waals surface area contributed by atoms with Crippen LogP contribution >= 0.6 is 15.9 Å². The molecular formula is C17H12BrFN2O2. The highest BCUT2D eigenvalue weighted by atomic mass is 79.9. The molecule has 0 aliphatic carbocycles. The van der Waals surface area contributed by atoms with Gasteiger partial charge in [-0.2, -0.15) is 0 Å². The molecule has 1 aliphatic heterocycles. The first-order valence-electron chi connectivity index (χ1n) is 6.87. The van der Waals surface area contributed by atoms with Crippen molar-refractivity contribution in [1.29, 1.82) is 0 Å². The van der Waals surface area contributed by atoms with Gasteiger partial charge in [-0.3, -0.25) is 9.69 Å². The number of amides is 3. The maximum Gasteiger partial charge on any atom is 0.329 e. The molecule has 4 nitrogen and oxygen atoms in total. The molecule has 2 aromatic rings. The fourth-order valence-corrected chi connectivity index (χ4v) is 2.51. The van der Waals surface area contributed by atoms with Crippen molar-refractivity contribution >= 4 is 33.9 Å². The molecule has 0 bridgehead atoms. The van der Waals surface area contributed by atoms with Crippen molar-refractivity contribution in [2.45, 2.75) is 6.54 Å². The second-order valence-electron chi connectivity index (χ2n) is 5.06. The summed E-state index contributed by atoms with van der Waals surface area (Å²) in [5.74, 6) is -0.829. The lowest BCUT2D eigenvalue weighted by Gasteiger charge is -2.11. The highest BCUT2D eigenvalue weighted by molar-refractivity contribution is 9.10. The van der Waals surface area contributed by atoms with Crippen LogP contribution in [0.4, 0.5) is 9.18 Å². The number of hydrogen-bond donors (Lipinski definition) is 1. The molecule has 2 aromatic carbocycles. The Morgan fingerprint density at radius 1 is 1.13 bits per heavy atom. The van der Waals surface area contributed by atoms with Gasteiger partial charge in [0.1, 0.15) is 11.5 Å². The Balaban J connectivity index is 1.81. The number of urea groups is 1. The van der Waals surface area contributed by atoms with E-state index in [9.17, 15) is 14.0 Å². The SMILES string of the molecule is O=C1N/C(=C\c2cccc(F)c2)C(=O)N1Cc1ccc(Br)cc1. The van der Waals surface area contributed by atoms with Crippen molar-refractivity contribution in [3.05, 3.63) is 75.6 Å². The predicted octanol–water partition coefficient (Wildman–Crippen LogP) is 3.68. The van der Waals surface area contributed by atoms with Crippen LogP contribution in [-0.2, 0) is 11.3 Å². The first-order chi connectivity index (χ1) is 11.0. The van der Waals surface area contributed by atoms with Gasteiger partial charge in [-0.25, -0.2) is 9.18 Å². The van der Waals surface area contributed by atoms with Gasteiger partial charge in [0.05, 0.1) is 6.54 Å². The summed E-state index contributed by atoms with van der Waals surface area (Å²) in [7, 11) is 0. The Morgan fingerprint density at radius 2 is 1.87 bits per heavy atom. The Bertz CT molecular complexity index is 802. The van der Waals surface area contributed by atoms with Crippen molar-refractivity contribution in [3.63, 3.8) is 0 Å². The van der Waals surface area contributed by atoms with Crippen molar-refractivity contribution in [2.24, 2.45) is 0 Å². The van der Waals surface area contributed by atoms with Crippen LogP contribution in [0.5, 0.6) is 0 Å². The molecule has 6 heteroatoms. The Labute approximate surface area is 140 Å². The summed E-state index contributed by atoms with van der Waals surface area (Å²) in [6, 6.07) is 12.7. The second kappa shape index (κ2) is 6.34. The lowest BCUT2D eigenvalue weighted by Crippen LogP contribution is -2.30. The van der Waals surface area contributed by atoms with Crippen LogP contribution in [0.15, 0.2) is 58.7 Å². The molecule has 0 saturated carbocycles. The lowest BCUT2D eigenvalue weighted by molar-refractivity contribution is -0.123. The number of carbonyl (C=O) groups excluding carboxylic acids is 2. The molecular weight excluding hydrogens is 363 g/mol. The van der Waals surface area contributed by atoms with Gasteiger partial charge in [-0.05, 0) is 41.5 Å². The third-order valence-electron chi connectivity index (χ3n) is 3.38. The van der Waals surface area contributed by atoms with Gasteiger partial charge in [-0.1, -0.05) is 40.2 Å². The second-order valence-corrected chi connectivity index (χ2v) is 5.98. The zero-order valence-corrected chi connectivity index (χ0v) is 13.5. The van der Waals surface area contributed by atoms with Gasteiger partial charge in [0, 0.05) is 4.47 Å². The minimum absolute atomic E-state index is 0.137. The third kappa shape index (κ3) is 3.48. The monoisotopic (exact) mass is 374 g/mol. The fourth-order valence-electron chi connectivity index (χ4n) is 2.25. The quantitative estimate of drug-likeness (QED) is 0.657. The zero-order chi connectivity index (χ0) is 16.4. The number of carbonyl (C=O) groups is 2. The van der Waals surface area contributed by atoms with E-state index < -0.39 is 17.8 Å². The molecule has 0 atom stereocenters. The summed E-state index contributed by atoms with van der Waals surface area (Å²) in [6.45, 7) is 0.179. The van der Waals surface area contributed by atoms with Crippen molar-refractivity contribution in [1.82, 2.24) is 10.2 Å². The third-order valence-corrected chi connectivity index (χ3v) is 3.90. The highest BCUT2D eigenvalue weighted by Gasteiger charge is 2.33. The Kier molecular flexibility index (Phi) is 4.25. The van der Waals surface area contributed by atoms with E-state index >= 15 is 0 Å².